The highest BCUT2D eigenvalue weighted by atomic mass is 32.1. The van der Waals surface area contributed by atoms with Crippen LogP contribution in [0.25, 0.3) is 10.8 Å². The Bertz CT molecular complexity index is 532. The summed E-state index contributed by atoms with van der Waals surface area (Å²) in [6.07, 6.45) is 1.51. The third-order valence-corrected chi connectivity index (χ3v) is 2.73. The second-order valence-electron chi connectivity index (χ2n) is 3.09. The van der Waals surface area contributed by atoms with E-state index in [4.69, 9.17) is 9.52 Å². The van der Waals surface area contributed by atoms with Crippen LogP contribution in [0.15, 0.2) is 28.2 Å². The van der Waals surface area contributed by atoms with E-state index in [0.29, 0.717) is 10.8 Å². The summed E-state index contributed by atoms with van der Waals surface area (Å²) in [5.74, 6) is -1.03. The molecule has 0 aromatic carbocycles. The summed E-state index contributed by atoms with van der Waals surface area (Å²) < 4.78 is 5.13. The van der Waals surface area contributed by atoms with Crippen LogP contribution in [-0.4, -0.2) is 28.5 Å². The molecule has 7 heteroatoms. The smallest absolute Gasteiger partial charge is 0.322 e. The topological polar surface area (TPSA) is 92.4 Å². The molecule has 0 atom stereocenters. The summed E-state index contributed by atoms with van der Waals surface area (Å²) in [6.45, 7) is -0.424. The average molecular weight is 252 g/mol. The van der Waals surface area contributed by atoms with Crippen LogP contribution in [0, 0.1) is 0 Å². The number of hydrogen-bond donors (Lipinski definition) is 2. The Labute approximate surface area is 99.9 Å². The van der Waals surface area contributed by atoms with Gasteiger partial charge in [0.25, 0.3) is 5.91 Å². The first-order valence-electron chi connectivity index (χ1n) is 4.66. The van der Waals surface area contributed by atoms with Crippen molar-refractivity contribution in [2.75, 3.05) is 6.54 Å². The predicted octanol–water partition coefficient (Wildman–Crippen LogP) is 1.22. The van der Waals surface area contributed by atoms with Crippen LogP contribution in [0.5, 0.6) is 0 Å². The van der Waals surface area contributed by atoms with Gasteiger partial charge < -0.3 is 14.8 Å². The number of amides is 1. The summed E-state index contributed by atoms with van der Waals surface area (Å²) in [7, 11) is 0. The van der Waals surface area contributed by atoms with Crippen molar-refractivity contribution in [2.24, 2.45) is 0 Å². The number of nitrogens with zero attached hydrogens (tertiary/aromatic N) is 1. The zero-order valence-corrected chi connectivity index (χ0v) is 9.36. The van der Waals surface area contributed by atoms with E-state index in [9.17, 15) is 9.59 Å². The highest BCUT2D eigenvalue weighted by molar-refractivity contribution is 7.13. The molecule has 0 saturated carbocycles. The first-order chi connectivity index (χ1) is 8.16. The molecule has 6 nitrogen and oxygen atoms in total. The number of aliphatic carboxylic acids is 1. The SMILES string of the molecule is O=C(O)CNC(=O)c1csc(-c2ccco2)n1. The van der Waals surface area contributed by atoms with Gasteiger partial charge in [-0.1, -0.05) is 0 Å². The van der Waals surface area contributed by atoms with Crippen LogP contribution in [0.2, 0.25) is 0 Å². The Hall–Kier alpha value is -2.15. The van der Waals surface area contributed by atoms with E-state index in [1.807, 2.05) is 0 Å². The van der Waals surface area contributed by atoms with E-state index in [2.05, 4.69) is 10.3 Å². The minimum absolute atomic E-state index is 0.183. The summed E-state index contributed by atoms with van der Waals surface area (Å²) in [5.41, 5.74) is 0.183. The minimum Gasteiger partial charge on any atom is -0.480 e. The molecule has 2 aromatic heterocycles. The molecule has 88 valence electrons. The Morgan fingerprint density at radius 3 is 3.00 bits per heavy atom. The third kappa shape index (κ3) is 2.70. The van der Waals surface area contributed by atoms with Crippen molar-refractivity contribution in [3.05, 3.63) is 29.5 Å². The van der Waals surface area contributed by atoms with Crippen molar-refractivity contribution in [1.82, 2.24) is 10.3 Å². The van der Waals surface area contributed by atoms with Crippen molar-refractivity contribution in [1.29, 1.82) is 0 Å². The van der Waals surface area contributed by atoms with Crippen LogP contribution >= 0.6 is 11.3 Å². The van der Waals surface area contributed by atoms with Gasteiger partial charge in [0.15, 0.2) is 10.8 Å². The lowest BCUT2D eigenvalue weighted by molar-refractivity contribution is -0.135. The molecular formula is C10H8N2O4S. The standard InChI is InChI=1S/C10H8N2O4S/c13-8(14)4-11-9(15)6-5-17-10(12-6)7-2-1-3-16-7/h1-3,5H,4H2,(H,11,15)(H,13,14). The maximum atomic E-state index is 11.5. The first kappa shape index (κ1) is 11.3. The number of aromatic nitrogens is 1. The van der Waals surface area contributed by atoms with Crippen molar-refractivity contribution in [3.63, 3.8) is 0 Å². The van der Waals surface area contributed by atoms with Gasteiger partial charge in [0.1, 0.15) is 12.2 Å². The number of carboxylic acids is 1. The van der Waals surface area contributed by atoms with Crippen LogP contribution in [0.1, 0.15) is 10.5 Å². The molecular weight excluding hydrogens is 244 g/mol. The van der Waals surface area contributed by atoms with Gasteiger partial charge in [-0.15, -0.1) is 11.3 Å². The number of carboxylic acid groups (broad SMARTS) is 1. The molecule has 17 heavy (non-hydrogen) atoms. The second kappa shape index (κ2) is 4.79. The molecule has 0 radical (unpaired) electrons. The van der Waals surface area contributed by atoms with Crippen molar-refractivity contribution in [2.45, 2.75) is 0 Å². The van der Waals surface area contributed by atoms with Gasteiger partial charge in [-0.25, -0.2) is 4.98 Å². The van der Waals surface area contributed by atoms with Gasteiger partial charge in [0.05, 0.1) is 6.26 Å². The van der Waals surface area contributed by atoms with E-state index in [0.717, 1.165) is 0 Å². The van der Waals surface area contributed by atoms with Gasteiger partial charge in [-0.05, 0) is 12.1 Å². The van der Waals surface area contributed by atoms with Crippen LogP contribution in [0.4, 0.5) is 0 Å². The Morgan fingerprint density at radius 2 is 2.35 bits per heavy atom. The van der Waals surface area contributed by atoms with E-state index < -0.39 is 18.4 Å². The quantitative estimate of drug-likeness (QED) is 0.853. The molecule has 0 fully saturated rings. The lowest BCUT2D eigenvalue weighted by Gasteiger charge is -1.97. The minimum atomic E-state index is -1.10. The maximum absolute atomic E-state index is 11.5. The Balaban J connectivity index is 2.08. The van der Waals surface area contributed by atoms with Crippen LogP contribution in [0.3, 0.4) is 0 Å². The molecule has 2 rings (SSSR count). The largest absolute Gasteiger partial charge is 0.480 e. The van der Waals surface area contributed by atoms with Gasteiger partial charge in [-0.3, -0.25) is 9.59 Å². The fraction of sp³-hybridized carbons (Fsp3) is 0.100. The molecule has 2 N–H and O–H groups in total. The maximum Gasteiger partial charge on any atom is 0.322 e. The molecule has 0 aliphatic rings. The molecule has 0 spiro atoms. The number of hydrogen-bond acceptors (Lipinski definition) is 5. The first-order valence-corrected chi connectivity index (χ1v) is 5.54. The van der Waals surface area contributed by atoms with E-state index in [-0.39, 0.29) is 5.69 Å². The molecule has 2 aromatic rings. The number of carbonyl (C=O) groups excluding carboxylic acids is 1. The molecule has 0 aliphatic heterocycles. The zero-order chi connectivity index (χ0) is 12.3. The average Bonchev–Trinajstić information content (AvgIpc) is 2.94. The normalized spacial score (nSPS) is 10.1. The number of furan rings is 1. The van der Waals surface area contributed by atoms with Crippen LogP contribution < -0.4 is 5.32 Å². The summed E-state index contributed by atoms with van der Waals surface area (Å²) >= 11 is 1.26. The molecule has 0 bridgehead atoms. The molecule has 0 aliphatic carbocycles. The summed E-state index contributed by atoms with van der Waals surface area (Å²) in [6, 6.07) is 3.46. The summed E-state index contributed by atoms with van der Waals surface area (Å²) in [5, 5.41) is 12.8. The molecule has 2 heterocycles. The van der Waals surface area contributed by atoms with Crippen LogP contribution in [-0.2, 0) is 4.79 Å². The second-order valence-corrected chi connectivity index (χ2v) is 3.95. The van der Waals surface area contributed by atoms with Crippen molar-refractivity contribution >= 4 is 23.2 Å². The highest BCUT2D eigenvalue weighted by Crippen LogP contribution is 2.23. The monoisotopic (exact) mass is 252 g/mol. The lowest BCUT2D eigenvalue weighted by Crippen LogP contribution is -2.29. The fourth-order valence-electron chi connectivity index (χ4n) is 1.14. The van der Waals surface area contributed by atoms with E-state index in [1.165, 1.54) is 17.6 Å². The number of thiazole rings is 1. The molecule has 0 unspecified atom stereocenters. The summed E-state index contributed by atoms with van der Waals surface area (Å²) in [4.78, 5) is 25.8. The zero-order valence-electron chi connectivity index (χ0n) is 8.54. The van der Waals surface area contributed by atoms with Gasteiger partial charge in [0.2, 0.25) is 0 Å². The number of rotatable bonds is 4. The van der Waals surface area contributed by atoms with Gasteiger partial charge in [-0.2, -0.15) is 0 Å². The van der Waals surface area contributed by atoms with Crippen molar-refractivity contribution < 1.29 is 19.1 Å². The van der Waals surface area contributed by atoms with E-state index in [1.54, 1.807) is 17.5 Å². The third-order valence-electron chi connectivity index (χ3n) is 1.87. The number of carbonyl (C=O) groups is 2. The molecule has 1 amide bonds. The van der Waals surface area contributed by atoms with E-state index >= 15 is 0 Å². The predicted molar refractivity (Wildman–Crippen MR) is 59.8 cm³/mol. The highest BCUT2D eigenvalue weighted by Gasteiger charge is 2.13. The Morgan fingerprint density at radius 1 is 1.53 bits per heavy atom. The Kier molecular flexibility index (Phi) is 3.20. The van der Waals surface area contributed by atoms with Gasteiger partial charge >= 0.3 is 5.97 Å². The number of nitrogens with one attached hydrogen (secondary N) is 1. The lowest BCUT2D eigenvalue weighted by atomic mass is 10.4. The molecule has 0 saturated heterocycles. The van der Waals surface area contributed by atoms with Crippen molar-refractivity contribution in [3.8, 4) is 10.8 Å². The fourth-order valence-corrected chi connectivity index (χ4v) is 1.90. The van der Waals surface area contributed by atoms with Gasteiger partial charge in [0, 0.05) is 5.38 Å².